The minimum atomic E-state index is -0.140. The van der Waals surface area contributed by atoms with Crippen LogP contribution in [0, 0.1) is 0 Å². The van der Waals surface area contributed by atoms with Crippen LogP contribution < -0.4 is 15.8 Å². The molecule has 1 fully saturated rings. The molecule has 0 bridgehead atoms. The first kappa shape index (κ1) is 16.6. The van der Waals surface area contributed by atoms with Crippen molar-refractivity contribution in [3.8, 4) is 22.1 Å². The minimum Gasteiger partial charge on any atom is -0.497 e. The lowest BCUT2D eigenvalue weighted by atomic mass is 9.93. The number of nitrogens with one attached hydrogen (secondary N) is 1. The number of thiazole rings is 1. The van der Waals surface area contributed by atoms with Crippen LogP contribution in [0.4, 0.5) is 5.82 Å². The fourth-order valence-corrected chi connectivity index (χ4v) is 3.50. The van der Waals surface area contributed by atoms with Crippen molar-refractivity contribution in [3.05, 3.63) is 41.4 Å². The Bertz CT molecular complexity index is 927. The van der Waals surface area contributed by atoms with E-state index in [2.05, 4.69) is 15.4 Å². The molecule has 2 heterocycles. The summed E-state index contributed by atoms with van der Waals surface area (Å²) < 4.78 is 6.73. The number of aromatic nitrogens is 3. The number of hydrogen-bond acceptors (Lipinski definition) is 6. The molecular formula is C18H19N5O2S. The van der Waals surface area contributed by atoms with Gasteiger partial charge >= 0.3 is 0 Å². The molecule has 0 atom stereocenters. The number of amides is 1. The van der Waals surface area contributed by atoms with Crippen LogP contribution in [-0.4, -0.2) is 33.8 Å². The Kier molecular flexibility index (Phi) is 4.34. The molecule has 1 amide bonds. The molecule has 0 radical (unpaired) electrons. The monoisotopic (exact) mass is 369 g/mol. The molecule has 0 spiro atoms. The third-order valence-electron chi connectivity index (χ3n) is 4.47. The molecular weight excluding hydrogens is 350 g/mol. The second kappa shape index (κ2) is 6.80. The van der Waals surface area contributed by atoms with Crippen molar-refractivity contribution < 1.29 is 9.53 Å². The topological polar surface area (TPSA) is 95.1 Å². The standard InChI is InChI=1S/C18H19N5O2S/c1-25-13-7-5-11(6-8-13)14-9-16(19)23(22-14)18-21-15(10-26-18)17(24)20-12-3-2-4-12/h5-10,12H,2-4,19H2,1H3,(H,20,24). The third-order valence-corrected chi connectivity index (χ3v) is 5.29. The van der Waals surface area contributed by atoms with E-state index in [1.807, 2.05) is 24.3 Å². The summed E-state index contributed by atoms with van der Waals surface area (Å²) in [4.78, 5) is 16.6. The van der Waals surface area contributed by atoms with Gasteiger partial charge in [-0.1, -0.05) is 0 Å². The van der Waals surface area contributed by atoms with Crippen LogP contribution in [0.1, 0.15) is 29.8 Å². The van der Waals surface area contributed by atoms with Crippen molar-refractivity contribution in [1.29, 1.82) is 0 Å². The molecule has 3 N–H and O–H groups in total. The van der Waals surface area contributed by atoms with Gasteiger partial charge in [0, 0.05) is 23.1 Å². The summed E-state index contributed by atoms with van der Waals surface area (Å²) in [6.45, 7) is 0. The van der Waals surface area contributed by atoms with E-state index in [0.29, 0.717) is 16.6 Å². The van der Waals surface area contributed by atoms with Gasteiger partial charge in [-0.2, -0.15) is 9.78 Å². The van der Waals surface area contributed by atoms with E-state index in [1.165, 1.54) is 17.8 Å². The first-order valence-electron chi connectivity index (χ1n) is 8.41. The molecule has 2 aromatic heterocycles. The SMILES string of the molecule is COc1ccc(-c2cc(N)n(-c3nc(C(=O)NC4CCC4)cs3)n2)cc1. The van der Waals surface area contributed by atoms with Gasteiger partial charge < -0.3 is 15.8 Å². The fraction of sp³-hybridized carbons (Fsp3) is 0.278. The molecule has 8 heteroatoms. The number of nitrogens with zero attached hydrogens (tertiary/aromatic N) is 3. The molecule has 0 aliphatic heterocycles. The summed E-state index contributed by atoms with van der Waals surface area (Å²) in [5.41, 5.74) is 8.17. The van der Waals surface area contributed by atoms with Gasteiger partial charge in [0.1, 0.15) is 17.3 Å². The lowest BCUT2D eigenvalue weighted by Crippen LogP contribution is -2.39. The molecule has 0 saturated heterocycles. The summed E-state index contributed by atoms with van der Waals surface area (Å²) >= 11 is 1.34. The Labute approximate surface area is 154 Å². The number of carbonyl (C=O) groups is 1. The minimum absolute atomic E-state index is 0.140. The highest BCUT2D eigenvalue weighted by Gasteiger charge is 2.22. The van der Waals surface area contributed by atoms with E-state index in [0.717, 1.165) is 29.8 Å². The Balaban J connectivity index is 1.56. The second-order valence-electron chi connectivity index (χ2n) is 6.21. The van der Waals surface area contributed by atoms with Crippen LogP contribution in [0.5, 0.6) is 5.75 Å². The lowest BCUT2D eigenvalue weighted by Gasteiger charge is -2.25. The largest absolute Gasteiger partial charge is 0.497 e. The molecule has 134 valence electrons. The van der Waals surface area contributed by atoms with E-state index in [-0.39, 0.29) is 11.9 Å². The summed E-state index contributed by atoms with van der Waals surface area (Å²) in [5, 5.41) is 9.82. The maximum absolute atomic E-state index is 12.2. The summed E-state index contributed by atoms with van der Waals surface area (Å²) in [5.74, 6) is 1.11. The molecule has 1 aliphatic carbocycles. The molecule has 1 aliphatic rings. The van der Waals surface area contributed by atoms with Crippen LogP contribution in [0.15, 0.2) is 35.7 Å². The van der Waals surface area contributed by atoms with Crippen molar-refractivity contribution in [2.24, 2.45) is 0 Å². The predicted molar refractivity (Wildman–Crippen MR) is 101 cm³/mol. The molecule has 1 saturated carbocycles. The Morgan fingerprint density at radius 1 is 1.35 bits per heavy atom. The number of nitrogen functional groups attached to an aromatic ring is 1. The maximum atomic E-state index is 12.2. The molecule has 3 aromatic rings. The third kappa shape index (κ3) is 3.15. The van der Waals surface area contributed by atoms with Crippen LogP contribution in [-0.2, 0) is 0 Å². The van der Waals surface area contributed by atoms with E-state index >= 15 is 0 Å². The van der Waals surface area contributed by atoms with E-state index in [1.54, 1.807) is 23.2 Å². The van der Waals surface area contributed by atoms with Gasteiger partial charge in [0.2, 0.25) is 5.13 Å². The number of methoxy groups -OCH3 is 1. The number of ether oxygens (including phenoxy) is 1. The summed E-state index contributed by atoms with van der Waals surface area (Å²) in [6.07, 6.45) is 3.26. The molecule has 1 aromatic carbocycles. The van der Waals surface area contributed by atoms with Gasteiger partial charge in [-0.05, 0) is 43.5 Å². The highest BCUT2D eigenvalue weighted by molar-refractivity contribution is 7.12. The highest BCUT2D eigenvalue weighted by Crippen LogP contribution is 2.26. The van der Waals surface area contributed by atoms with Crippen molar-refractivity contribution in [3.63, 3.8) is 0 Å². The zero-order valence-corrected chi connectivity index (χ0v) is 15.1. The number of anilines is 1. The highest BCUT2D eigenvalue weighted by atomic mass is 32.1. The number of hydrogen-bond donors (Lipinski definition) is 2. The first-order valence-corrected chi connectivity index (χ1v) is 9.29. The lowest BCUT2D eigenvalue weighted by molar-refractivity contribution is 0.0912. The number of carbonyl (C=O) groups excluding carboxylic acids is 1. The summed E-state index contributed by atoms with van der Waals surface area (Å²) in [7, 11) is 1.63. The number of benzene rings is 1. The van der Waals surface area contributed by atoms with Crippen LogP contribution >= 0.6 is 11.3 Å². The van der Waals surface area contributed by atoms with Crippen LogP contribution in [0.3, 0.4) is 0 Å². The average molecular weight is 369 g/mol. The first-order chi connectivity index (χ1) is 12.6. The van der Waals surface area contributed by atoms with Crippen molar-refractivity contribution in [2.75, 3.05) is 12.8 Å². The fourth-order valence-electron chi connectivity index (χ4n) is 2.73. The predicted octanol–water partition coefficient (Wildman–Crippen LogP) is 2.87. The maximum Gasteiger partial charge on any atom is 0.271 e. The van der Waals surface area contributed by atoms with Crippen molar-refractivity contribution >= 4 is 23.1 Å². The van der Waals surface area contributed by atoms with E-state index in [9.17, 15) is 4.79 Å². The van der Waals surface area contributed by atoms with Gasteiger partial charge in [0.05, 0.1) is 12.8 Å². The normalized spacial score (nSPS) is 14.0. The van der Waals surface area contributed by atoms with Gasteiger partial charge in [0.25, 0.3) is 5.91 Å². The molecule has 7 nitrogen and oxygen atoms in total. The van der Waals surface area contributed by atoms with E-state index in [4.69, 9.17) is 10.5 Å². The second-order valence-corrected chi connectivity index (χ2v) is 7.05. The van der Waals surface area contributed by atoms with Gasteiger partial charge in [0.15, 0.2) is 0 Å². The average Bonchev–Trinajstić information content (AvgIpc) is 3.25. The van der Waals surface area contributed by atoms with E-state index < -0.39 is 0 Å². The zero-order valence-electron chi connectivity index (χ0n) is 14.3. The molecule has 0 unspecified atom stereocenters. The summed E-state index contributed by atoms with van der Waals surface area (Å²) in [6, 6.07) is 9.66. The molecule has 4 rings (SSSR count). The number of nitrogens with two attached hydrogens (primary N) is 1. The van der Waals surface area contributed by atoms with Crippen LogP contribution in [0.25, 0.3) is 16.4 Å². The van der Waals surface area contributed by atoms with Crippen molar-refractivity contribution in [2.45, 2.75) is 25.3 Å². The van der Waals surface area contributed by atoms with Gasteiger partial charge in [-0.3, -0.25) is 4.79 Å². The molecule has 26 heavy (non-hydrogen) atoms. The Morgan fingerprint density at radius 3 is 2.77 bits per heavy atom. The smallest absolute Gasteiger partial charge is 0.271 e. The van der Waals surface area contributed by atoms with Crippen LogP contribution in [0.2, 0.25) is 0 Å². The number of rotatable bonds is 5. The van der Waals surface area contributed by atoms with Gasteiger partial charge in [-0.15, -0.1) is 11.3 Å². The Hall–Kier alpha value is -2.87. The van der Waals surface area contributed by atoms with Crippen molar-refractivity contribution in [1.82, 2.24) is 20.1 Å². The van der Waals surface area contributed by atoms with Gasteiger partial charge in [-0.25, -0.2) is 4.98 Å². The zero-order chi connectivity index (χ0) is 18.1. The Morgan fingerprint density at radius 2 is 2.12 bits per heavy atom. The quantitative estimate of drug-likeness (QED) is 0.721.